The number of hydrogen-bond acceptors (Lipinski definition) is 6. The van der Waals surface area contributed by atoms with Crippen LogP contribution in [0.2, 0.25) is 0 Å². The molecule has 0 fully saturated rings. The third-order valence-corrected chi connectivity index (χ3v) is 5.65. The van der Waals surface area contributed by atoms with Crippen LogP contribution >= 0.6 is 0 Å². The van der Waals surface area contributed by atoms with Gasteiger partial charge in [-0.15, -0.1) is 0 Å². The highest BCUT2D eigenvalue weighted by atomic mass is 16.6. The lowest BCUT2D eigenvalue weighted by molar-refractivity contribution is 0.0765. The fourth-order valence-corrected chi connectivity index (χ4v) is 3.29. The molecule has 0 aliphatic carbocycles. The summed E-state index contributed by atoms with van der Waals surface area (Å²) in [6.45, 7) is 4.18. The molecule has 0 aliphatic heterocycles. The van der Waals surface area contributed by atoms with E-state index in [-0.39, 0.29) is 17.8 Å². The predicted octanol–water partition coefficient (Wildman–Crippen LogP) is 3.12. The van der Waals surface area contributed by atoms with Gasteiger partial charge in [-0.3, -0.25) is 10.2 Å². The van der Waals surface area contributed by atoms with Gasteiger partial charge in [-0.1, -0.05) is 49.4 Å². The van der Waals surface area contributed by atoms with Crippen molar-refractivity contribution in [2.45, 2.75) is 44.9 Å². The Morgan fingerprint density at radius 1 is 1.12 bits per heavy atom. The van der Waals surface area contributed by atoms with Crippen LogP contribution in [0.4, 0.5) is 4.79 Å². The number of aliphatic hydroxyl groups is 1. The van der Waals surface area contributed by atoms with E-state index in [0.717, 1.165) is 24.0 Å². The summed E-state index contributed by atoms with van der Waals surface area (Å²) in [4.78, 5) is 25.4. The van der Waals surface area contributed by atoms with Crippen molar-refractivity contribution >= 4 is 17.9 Å². The second kappa shape index (κ2) is 12.7. The highest BCUT2D eigenvalue weighted by Crippen LogP contribution is 2.14. The van der Waals surface area contributed by atoms with Crippen LogP contribution in [-0.4, -0.2) is 60.6 Å². The van der Waals surface area contributed by atoms with Crippen molar-refractivity contribution < 1.29 is 19.4 Å². The quantitative estimate of drug-likeness (QED) is 0.325. The zero-order valence-corrected chi connectivity index (χ0v) is 19.7. The maximum Gasteiger partial charge on any atom is 0.413 e. The summed E-state index contributed by atoms with van der Waals surface area (Å²) < 4.78 is 4.83. The Kier molecular flexibility index (Phi) is 10.0. The standard InChI is InChI=1S/C25H34N4O4/c1-5-21(28-16-22(30)19-9-7-6-8-10-19)15-18-11-13-20(14-12-18)24(31)29(4)17(2)23(26)33-25(32)27-3/h6-14,17,21-22,26,28,30H,5,15-16H2,1-4H3,(H,27,32)/t17-,21+,22+/m1/s1. The van der Waals surface area contributed by atoms with Crippen molar-refractivity contribution in [3.63, 3.8) is 0 Å². The molecular formula is C25H34N4O4. The molecule has 0 bridgehead atoms. The minimum Gasteiger partial charge on any atom is -0.394 e. The molecule has 0 radical (unpaired) electrons. The first-order valence-electron chi connectivity index (χ1n) is 11.1. The Balaban J connectivity index is 1.92. The number of benzene rings is 2. The first-order chi connectivity index (χ1) is 15.8. The minimum absolute atomic E-state index is 0.190. The molecule has 0 heterocycles. The van der Waals surface area contributed by atoms with Gasteiger partial charge < -0.3 is 25.4 Å². The number of rotatable bonds is 10. The second-order valence-corrected chi connectivity index (χ2v) is 7.94. The first-order valence-corrected chi connectivity index (χ1v) is 11.1. The number of aliphatic hydroxyl groups excluding tert-OH is 1. The molecule has 0 aliphatic rings. The number of hydrogen-bond donors (Lipinski definition) is 4. The van der Waals surface area contributed by atoms with Crippen LogP contribution in [0.3, 0.4) is 0 Å². The van der Waals surface area contributed by atoms with E-state index in [0.29, 0.717) is 12.1 Å². The van der Waals surface area contributed by atoms with Crippen LogP contribution in [-0.2, 0) is 11.2 Å². The van der Waals surface area contributed by atoms with Crippen LogP contribution in [0.1, 0.15) is 47.9 Å². The van der Waals surface area contributed by atoms with Crippen molar-refractivity contribution in [3.8, 4) is 0 Å². The van der Waals surface area contributed by atoms with E-state index in [2.05, 4.69) is 17.6 Å². The Morgan fingerprint density at radius 3 is 2.33 bits per heavy atom. The van der Waals surface area contributed by atoms with Crippen molar-refractivity contribution in [1.82, 2.24) is 15.5 Å². The van der Waals surface area contributed by atoms with Gasteiger partial charge in [0, 0.05) is 32.2 Å². The summed E-state index contributed by atoms with van der Waals surface area (Å²) in [5.74, 6) is -0.577. The molecule has 8 heteroatoms. The zero-order valence-electron chi connectivity index (χ0n) is 19.7. The van der Waals surface area contributed by atoms with Gasteiger partial charge in [0.15, 0.2) is 0 Å². The van der Waals surface area contributed by atoms with Crippen molar-refractivity contribution in [2.75, 3.05) is 20.6 Å². The van der Waals surface area contributed by atoms with E-state index in [1.165, 1.54) is 11.9 Å². The molecule has 33 heavy (non-hydrogen) atoms. The number of ether oxygens (including phenoxy) is 1. The van der Waals surface area contributed by atoms with Gasteiger partial charge in [0.2, 0.25) is 5.90 Å². The van der Waals surface area contributed by atoms with E-state index in [4.69, 9.17) is 10.1 Å². The Morgan fingerprint density at radius 2 is 1.76 bits per heavy atom. The van der Waals surface area contributed by atoms with E-state index >= 15 is 0 Å². The highest BCUT2D eigenvalue weighted by molar-refractivity contribution is 5.98. The number of nitrogens with one attached hydrogen (secondary N) is 3. The van der Waals surface area contributed by atoms with Gasteiger partial charge in [0.05, 0.1) is 6.10 Å². The van der Waals surface area contributed by atoms with Gasteiger partial charge in [-0.05, 0) is 43.0 Å². The monoisotopic (exact) mass is 454 g/mol. The molecule has 0 aromatic heterocycles. The lowest BCUT2D eigenvalue weighted by Crippen LogP contribution is -2.42. The maximum absolute atomic E-state index is 12.8. The molecule has 2 rings (SSSR count). The second-order valence-electron chi connectivity index (χ2n) is 7.94. The molecule has 2 aromatic rings. The summed E-state index contributed by atoms with van der Waals surface area (Å²) in [7, 11) is 2.97. The lowest BCUT2D eigenvalue weighted by Gasteiger charge is -2.25. The number of likely N-dealkylation sites (N-methyl/N-ethyl adjacent to an activating group) is 1. The van der Waals surface area contributed by atoms with Gasteiger partial charge in [-0.2, -0.15) is 0 Å². The fraction of sp³-hybridized carbons (Fsp3) is 0.400. The van der Waals surface area contributed by atoms with Gasteiger partial charge >= 0.3 is 6.09 Å². The minimum atomic E-state index is -0.743. The van der Waals surface area contributed by atoms with E-state index in [9.17, 15) is 14.7 Å². The van der Waals surface area contributed by atoms with Crippen molar-refractivity contribution in [3.05, 3.63) is 71.3 Å². The maximum atomic E-state index is 12.8. The average molecular weight is 455 g/mol. The molecule has 178 valence electrons. The number of amides is 2. The molecule has 3 atom stereocenters. The van der Waals surface area contributed by atoms with Gasteiger partial charge in [-0.25, -0.2) is 4.79 Å². The smallest absolute Gasteiger partial charge is 0.394 e. The Hall–Kier alpha value is -3.23. The van der Waals surface area contributed by atoms with Crippen molar-refractivity contribution in [1.29, 1.82) is 5.41 Å². The molecule has 2 amide bonds. The summed E-state index contributed by atoms with van der Waals surface area (Å²) in [6, 6.07) is 16.4. The summed E-state index contributed by atoms with van der Waals surface area (Å²) >= 11 is 0. The third kappa shape index (κ3) is 7.69. The average Bonchev–Trinajstić information content (AvgIpc) is 2.85. The molecule has 0 saturated carbocycles. The van der Waals surface area contributed by atoms with Crippen molar-refractivity contribution in [2.24, 2.45) is 0 Å². The van der Waals surface area contributed by atoms with Crippen LogP contribution in [0, 0.1) is 5.41 Å². The van der Waals surface area contributed by atoms with Gasteiger partial charge in [0.1, 0.15) is 6.04 Å². The SMILES string of the molecule is CC[C@@H](Cc1ccc(C(=O)N(C)[C@H](C)C(=N)OC(=O)NC)cc1)NC[C@H](O)c1ccccc1. The van der Waals surface area contributed by atoms with Gasteiger partial charge in [0.25, 0.3) is 5.91 Å². The Bertz CT molecular complexity index is 918. The fourth-order valence-electron chi connectivity index (χ4n) is 3.29. The lowest BCUT2D eigenvalue weighted by atomic mass is 10.0. The topological polar surface area (TPSA) is 115 Å². The van der Waals surface area contributed by atoms with E-state index in [1.807, 2.05) is 42.5 Å². The predicted molar refractivity (Wildman–Crippen MR) is 128 cm³/mol. The molecule has 2 aromatic carbocycles. The summed E-state index contributed by atoms with van der Waals surface area (Å²) in [5, 5.41) is 23.9. The summed E-state index contributed by atoms with van der Waals surface area (Å²) in [5.41, 5.74) is 2.45. The van der Waals surface area contributed by atoms with Crippen LogP contribution in [0.5, 0.6) is 0 Å². The van der Waals surface area contributed by atoms with E-state index < -0.39 is 18.2 Å². The molecule has 0 unspecified atom stereocenters. The molecule has 8 nitrogen and oxygen atoms in total. The third-order valence-electron chi connectivity index (χ3n) is 5.65. The highest BCUT2D eigenvalue weighted by Gasteiger charge is 2.23. The molecule has 0 spiro atoms. The molecule has 4 N–H and O–H groups in total. The normalized spacial score (nSPS) is 13.5. The Labute approximate surface area is 195 Å². The summed E-state index contributed by atoms with van der Waals surface area (Å²) in [6.07, 6.45) is 0.357. The largest absolute Gasteiger partial charge is 0.413 e. The molecule has 0 saturated heterocycles. The molecular weight excluding hydrogens is 420 g/mol. The number of nitrogens with zero attached hydrogens (tertiary/aromatic N) is 1. The zero-order chi connectivity index (χ0) is 24.4. The van der Waals surface area contributed by atoms with Crippen LogP contribution in [0.15, 0.2) is 54.6 Å². The van der Waals surface area contributed by atoms with E-state index in [1.54, 1.807) is 26.1 Å². The number of carbonyl (C=O) groups is 2. The number of alkyl carbamates (subject to hydrolysis) is 1. The van der Waals surface area contributed by atoms with Crippen LogP contribution < -0.4 is 10.6 Å². The number of carbonyl (C=O) groups excluding carboxylic acids is 2. The first kappa shape index (κ1) is 26.0. The van der Waals surface area contributed by atoms with Crippen LogP contribution in [0.25, 0.3) is 0 Å².